The summed E-state index contributed by atoms with van der Waals surface area (Å²) in [7, 11) is 1.40. The first-order valence-corrected chi connectivity index (χ1v) is 8.47. The zero-order chi connectivity index (χ0) is 18.8. The Morgan fingerprint density at radius 2 is 2.11 bits per heavy atom. The molecule has 7 nitrogen and oxygen atoms in total. The van der Waals surface area contributed by atoms with Crippen LogP contribution < -0.4 is 0 Å². The van der Waals surface area contributed by atoms with E-state index in [0.717, 1.165) is 23.5 Å². The van der Waals surface area contributed by atoms with Gasteiger partial charge in [0.05, 0.1) is 30.6 Å². The first kappa shape index (κ1) is 17.6. The van der Waals surface area contributed by atoms with E-state index in [-0.39, 0.29) is 12.4 Å². The largest absolute Gasteiger partial charge is 0.422 e. The summed E-state index contributed by atoms with van der Waals surface area (Å²) in [5.41, 5.74) is 1.44. The van der Waals surface area contributed by atoms with Gasteiger partial charge in [-0.1, -0.05) is 6.07 Å². The second kappa shape index (κ2) is 7.43. The van der Waals surface area contributed by atoms with E-state index in [9.17, 15) is 8.78 Å². The van der Waals surface area contributed by atoms with Gasteiger partial charge in [-0.05, 0) is 18.2 Å². The molecule has 27 heavy (non-hydrogen) atoms. The van der Waals surface area contributed by atoms with Crippen molar-refractivity contribution in [2.75, 3.05) is 7.11 Å². The summed E-state index contributed by atoms with van der Waals surface area (Å²) in [4.78, 5) is 9.71. The molecule has 0 aliphatic carbocycles. The zero-order valence-corrected chi connectivity index (χ0v) is 14.7. The molecule has 0 amide bonds. The fourth-order valence-electron chi connectivity index (χ4n) is 2.69. The highest BCUT2D eigenvalue weighted by Gasteiger charge is 2.18. The van der Waals surface area contributed by atoms with E-state index in [0.29, 0.717) is 21.8 Å². The Kier molecular flexibility index (Phi) is 4.84. The third-order valence-electron chi connectivity index (χ3n) is 3.83. The van der Waals surface area contributed by atoms with Crippen molar-refractivity contribution in [3.63, 3.8) is 0 Å². The monoisotopic (exact) mass is 390 g/mol. The van der Waals surface area contributed by atoms with Crippen molar-refractivity contribution in [3.8, 4) is 11.6 Å². The second-order valence-electron chi connectivity index (χ2n) is 5.50. The van der Waals surface area contributed by atoms with Gasteiger partial charge in [0.1, 0.15) is 23.0 Å². The van der Waals surface area contributed by atoms with Gasteiger partial charge in [0.15, 0.2) is 0 Å². The van der Waals surface area contributed by atoms with Crippen molar-refractivity contribution >= 4 is 23.1 Å². The number of fused-ring (bicyclic) bond motifs is 1. The topological polar surface area (TPSA) is 75.2 Å². The first-order chi connectivity index (χ1) is 13.2. The summed E-state index contributed by atoms with van der Waals surface area (Å²) in [5, 5.41) is 8.37. The van der Waals surface area contributed by atoms with Gasteiger partial charge >= 0.3 is 0 Å². The summed E-state index contributed by atoms with van der Waals surface area (Å²) in [6.07, 6.45) is 2.80. The minimum absolute atomic E-state index is 0.112. The Morgan fingerprint density at radius 1 is 1.22 bits per heavy atom. The van der Waals surface area contributed by atoms with Gasteiger partial charge < -0.3 is 8.98 Å². The summed E-state index contributed by atoms with van der Waals surface area (Å²) >= 11 is 1.01. The number of nitrogens with zero attached hydrogens (tertiary/aromatic N) is 4. The van der Waals surface area contributed by atoms with Gasteiger partial charge in [0, 0.05) is 23.2 Å². The van der Waals surface area contributed by atoms with Crippen molar-refractivity contribution in [1.82, 2.24) is 19.7 Å². The van der Waals surface area contributed by atoms with E-state index in [1.807, 2.05) is 6.07 Å². The van der Waals surface area contributed by atoms with E-state index in [1.165, 1.54) is 25.6 Å². The van der Waals surface area contributed by atoms with Crippen LogP contribution in [0.3, 0.4) is 0 Å². The number of hydrogen-bond acceptors (Lipinski definition) is 7. The van der Waals surface area contributed by atoms with Crippen LogP contribution >= 0.6 is 12.0 Å². The first-order valence-electron chi connectivity index (χ1n) is 7.73. The molecule has 0 saturated heterocycles. The number of hydrogen-bond donors (Lipinski definition) is 0. The molecule has 10 heteroatoms. The molecule has 0 atom stereocenters. The molecule has 0 fully saturated rings. The number of pyridine rings is 1. The van der Waals surface area contributed by atoms with Crippen LogP contribution in [0.4, 0.5) is 8.78 Å². The zero-order valence-electron chi connectivity index (χ0n) is 13.9. The van der Waals surface area contributed by atoms with Crippen LogP contribution in [0.5, 0.6) is 0 Å². The number of aromatic nitrogens is 4. The van der Waals surface area contributed by atoms with Gasteiger partial charge in [-0.2, -0.15) is 4.33 Å². The Bertz CT molecular complexity index is 1090. The third kappa shape index (κ3) is 3.54. The number of halogens is 2. The molecule has 0 aliphatic heterocycles. The van der Waals surface area contributed by atoms with Gasteiger partial charge in [-0.15, -0.1) is 10.2 Å². The van der Waals surface area contributed by atoms with E-state index in [4.69, 9.17) is 8.75 Å². The van der Waals surface area contributed by atoms with E-state index in [2.05, 4.69) is 20.1 Å². The molecule has 1 aromatic carbocycles. The quantitative estimate of drug-likeness (QED) is 0.280. The smallest absolute Gasteiger partial charge is 0.264 e. The Labute approximate surface area is 156 Å². The van der Waals surface area contributed by atoms with Crippen LogP contribution in [0.2, 0.25) is 0 Å². The van der Waals surface area contributed by atoms with Crippen LogP contribution in [-0.2, 0) is 15.8 Å². The Hall–Kier alpha value is -2.82. The molecule has 4 rings (SSSR count). The lowest BCUT2D eigenvalue weighted by molar-refractivity contribution is -0.160. The van der Waals surface area contributed by atoms with Gasteiger partial charge in [-0.25, -0.2) is 18.7 Å². The minimum atomic E-state index is -0.644. The standard InChI is InChI=1S/C17H12F2N4O3S/c1-24-26-27-13-4-11-5-15(17-22-21-9-25-17)23(16(11)20-7-13)8-10-2-3-12(18)6-14(10)19/h2-7,9H,8H2,1H3. The summed E-state index contributed by atoms with van der Waals surface area (Å²) in [5.74, 6) is -1.02. The molecule has 4 aromatic rings. The van der Waals surface area contributed by atoms with Crippen molar-refractivity contribution in [2.24, 2.45) is 0 Å². The predicted molar refractivity (Wildman–Crippen MR) is 92.4 cm³/mol. The molecular formula is C17H12F2N4O3S. The van der Waals surface area contributed by atoms with Crippen LogP contribution in [-0.4, -0.2) is 26.9 Å². The van der Waals surface area contributed by atoms with E-state index >= 15 is 0 Å². The highest BCUT2D eigenvalue weighted by molar-refractivity contribution is 7.94. The van der Waals surface area contributed by atoms with E-state index in [1.54, 1.807) is 16.8 Å². The Morgan fingerprint density at radius 3 is 2.85 bits per heavy atom. The van der Waals surface area contributed by atoms with Crippen molar-refractivity contribution < 1.29 is 22.4 Å². The van der Waals surface area contributed by atoms with Crippen LogP contribution in [0.1, 0.15) is 5.56 Å². The fourth-order valence-corrected chi connectivity index (χ4v) is 3.10. The summed E-state index contributed by atoms with van der Waals surface area (Å²) in [6, 6.07) is 7.08. The molecule has 138 valence electrons. The molecule has 0 spiro atoms. The average Bonchev–Trinajstić information content (AvgIpc) is 3.30. The highest BCUT2D eigenvalue weighted by atomic mass is 32.2. The molecule has 3 heterocycles. The molecule has 0 N–H and O–H groups in total. The third-order valence-corrected chi connectivity index (χ3v) is 4.45. The molecule has 0 bridgehead atoms. The number of rotatable bonds is 6. The minimum Gasteiger partial charge on any atom is -0.422 e. The molecule has 0 saturated carbocycles. The molecular weight excluding hydrogens is 378 g/mol. The lowest BCUT2D eigenvalue weighted by atomic mass is 10.2. The lowest BCUT2D eigenvalue weighted by Gasteiger charge is -2.09. The van der Waals surface area contributed by atoms with Crippen molar-refractivity contribution in [1.29, 1.82) is 0 Å². The van der Waals surface area contributed by atoms with Gasteiger partial charge in [0.2, 0.25) is 6.39 Å². The molecule has 0 radical (unpaired) electrons. The fraction of sp³-hybridized carbons (Fsp3) is 0.118. The number of benzene rings is 1. The van der Waals surface area contributed by atoms with Crippen LogP contribution in [0.25, 0.3) is 22.6 Å². The SMILES string of the molecule is COOSc1cnc2c(c1)cc(-c1nnco1)n2Cc1ccc(F)cc1F. The maximum absolute atomic E-state index is 14.2. The Balaban J connectivity index is 1.82. The lowest BCUT2D eigenvalue weighted by Crippen LogP contribution is -2.05. The maximum Gasteiger partial charge on any atom is 0.264 e. The highest BCUT2D eigenvalue weighted by Crippen LogP contribution is 2.30. The van der Waals surface area contributed by atoms with Crippen LogP contribution in [0, 0.1) is 11.6 Å². The molecule has 3 aromatic heterocycles. The summed E-state index contributed by atoms with van der Waals surface area (Å²) < 4.78 is 39.2. The van der Waals surface area contributed by atoms with E-state index < -0.39 is 11.6 Å². The van der Waals surface area contributed by atoms with Crippen LogP contribution in [0.15, 0.2) is 52.2 Å². The summed E-state index contributed by atoms with van der Waals surface area (Å²) in [6.45, 7) is 0.112. The molecule has 0 aliphatic rings. The van der Waals surface area contributed by atoms with Gasteiger partial charge in [-0.3, -0.25) is 0 Å². The predicted octanol–water partition coefficient (Wildman–Crippen LogP) is 4.00. The normalized spacial score (nSPS) is 11.4. The maximum atomic E-state index is 14.2. The van der Waals surface area contributed by atoms with Gasteiger partial charge in [0.25, 0.3) is 5.89 Å². The molecule has 0 unspecified atom stereocenters. The second-order valence-corrected chi connectivity index (χ2v) is 6.27. The average molecular weight is 390 g/mol. The van der Waals surface area contributed by atoms with Crippen molar-refractivity contribution in [3.05, 3.63) is 60.1 Å². The van der Waals surface area contributed by atoms with Crippen molar-refractivity contribution in [2.45, 2.75) is 11.4 Å².